The summed E-state index contributed by atoms with van der Waals surface area (Å²) < 4.78 is 2.09. The molecule has 0 spiro atoms. The lowest BCUT2D eigenvalue weighted by atomic mass is 10.1. The minimum Gasteiger partial charge on any atom is -0.345 e. The van der Waals surface area contributed by atoms with Crippen LogP contribution in [0.2, 0.25) is 0 Å². The number of carbonyl (C=O) groups is 1. The molecule has 0 aliphatic carbocycles. The topological polar surface area (TPSA) is 71.8 Å². The monoisotopic (exact) mass is 285 g/mol. The van der Waals surface area contributed by atoms with Crippen molar-refractivity contribution in [2.24, 2.45) is 0 Å². The Labute approximate surface area is 123 Å². The van der Waals surface area contributed by atoms with Crippen molar-refractivity contribution in [2.45, 2.75) is 25.4 Å². The van der Waals surface area contributed by atoms with Gasteiger partial charge in [0, 0.05) is 18.4 Å². The predicted octanol–water partition coefficient (Wildman–Crippen LogP) is 1.13. The molecule has 3 rings (SSSR count). The van der Waals surface area contributed by atoms with Gasteiger partial charge in [-0.2, -0.15) is 0 Å². The molecule has 2 N–H and O–H groups in total. The number of nitrogens with one attached hydrogen (secondary N) is 2. The summed E-state index contributed by atoms with van der Waals surface area (Å²) in [5.74, 6) is -0.0582. The van der Waals surface area contributed by atoms with E-state index < -0.39 is 0 Å². The van der Waals surface area contributed by atoms with E-state index in [9.17, 15) is 4.79 Å². The summed E-state index contributed by atoms with van der Waals surface area (Å²) in [5.41, 5.74) is 1.52. The molecule has 1 fully saturated rings. The quantitative estimate of drug-likeness (QED) is 0.883. The Morgan fingerprint density at radius 3 is 3.00 bits per heavy atom. The van der Waals surface area contributed by atoms with Gasteiger partial charge in [-0.25, -0.2) is 9.97 Å². The number of aromatic nitrogens is 3. The highest BCUT2D eigenvalue weighted by molar-refractivity contribution is 5.92. The van der Waals surface area contributed by atoms with E-state index in [2.05, 4.69) is 25.2 Å². The second-order valence-corrected chi connectivity index (χ2v) is 5.17. The van der Waals surface area contributed by atoms with Crippen molar-refractivity contribution in [2.75, 3.05) is 13.1 Å². The second kappa shape index (κ2) is 6.49. The average molecular weight is 285 g/mol. The molecule has 6 heteroatoms. The third-order valence-corrected chi connectivity index (χ3v) is 3.79. The molecule has 0 unspecified atom stereocenters. The SMILES string of the molecule is O=C(NCc1ccncn1)c1cccn1C1CCNCC1. The van der Waals surface area contributed by atoms with E-state index in [0.29, 0.717) is 12.6 Å². The van der Waals surface area contributed by atoms with Gasteiger partial charge in [0.2, 0.25) is 0 Å². The van der Waals surface area contributed by atoms with Gasteiger partial charge < -0.3 is 15.2 Å². The van der Waals surface area contributed by atoms with Crippen LogP contribution in [0.5, 0.6) is 0 Å². The molecule has 1 amide bonds. The van der Waals surface area contributed by atoms with Crippen LogP contribution in [0.1, 0.15) is 35.1 Å². The zero-order valence-electron chi connectivity index (χ0n) is 11.8. The highest BCUT2D eigenvalue weighted by atomic mass is 16.1. The van der Waals surface area contributed by atoms with Gasteiger partial charge in [-0.3, -0.25) is 4.79 Å². The van der Waals surface area contributed by atoms with E-state index in [-0.39, 0.29) is 5.91 Å². The molecule has 0 atom stereocenters. The summed E-state index contributed by atoms with van der Waals surface area (Å²) in [6.45, 7) is 2.43. The van der Waals surface area contributed by atoms with Crippen molar-refractivity contribution in [3.05, 3.63) is 48.3 Å². The van der Waals surface area contributed by atoms with E-state index in [0.717, 1.165) is 37.3 Å². The molecular weight excluding hydrogens is 266 g/mol. The van der Waals surface area contributed by atoms with E-state index in [1.54, 1.807) is 12.3 Å². The Balaban J connectivity index is 1.66. The van der Waals surface area contributed by atoms with Crippen molar-refractivity contribution in [3.8, 4) is 0 Å². The molecule has 1 aliphatic rings. The van der Waals surface area contributed by atoms with Crippen LogP contribution in [0.15, 0.2) is 36.9 Å². The van der Waals surface area contributed by atoms with Crippen LogP contribution in [0.4, 0.5) is 0 Å². The number of amides is 1. The van der Waals surface area contributed by atoms with Gasteiger partial charge in [-0.05, 0) is 44.1 Å². The summed E-state index contributed by atoms with van der Waals surface area (Å²) in [4.78, 5) is 20.3. The lowest BCUT2D eigenvalue weighted by molar-refractivity contribution is 0.0937. The Hall–Kier alpha value is -2.21. The Morgan fingerprint density at radius 2 is 2.24 bits per heavy atom. The highest BCUT2D eigenvalue weighted by Crippen LogP contribution is 2.21. The third kappa shape index (κ3) is 3.28. The minimum atomic E-state index is -0.0582. The van der Waals surface area contributed by atoms with Crippen molar-refractivity contribution in [1.82, 2.24) is 25.2 Å². The van der Waals surface area contributed by atoms with Gasteiger partial charge in [0.15, 0.2) is 0 Å². The van der Waals surface area contributed by atoms with Gasteiger partial charge in [-0.1, -0.05) is 0 Å². The first kappa shape index (κ1) is 13.8. The van der Waals surface area contributed by atoms with Crippen LogP contribution < -0.4 is 10.6 Å². The number of rotatable bonds is 4. The predicted molar refractivity (Wildman–Crippen MR) is 78.8 cm³/mol. The largest absolute Gasteiger partial charge is 0.345 e. The third-order valence-electron chi connectivity index (χ3n) is 3.79. The molecular formula is C15H19N5O. The first-order chi connectivity index (χ1) is 10.3. The van der Waals surface area contributed by atoms with Crippen LogP contribution in [0, 0.1) is 0 Å². The van der Waals surface area contributed by atoms with E-state index in [4.69, 9.17) is 0 Å². The fourth-order valence-electron chi connectivity index (χ4n) is 2.67. The van der Waals surface area contributed by atoms with Crippen LogP contribution >= 0.6 is 0 Å². The zero-order chi connectivity index (χ0) is 14.5. The molecule has 21 heavy (non-hydrogen) atoms. The molecule has 6 nitrogen and oxygen atoms in total. The van der Waals surface area contributed by atoms with Gasteiger partial charge in [0.1, 0.15) is 12.0 Å². The van der Waals surface area contributed by atoms with E-state index >= 15 is 0 Å². The lowest BCUT2D eigenvalue weighted by Gasteiger charge is -2.25. The molecule has 110 valence electrons. The average Bonchev–Trinajstić information content (AvgIpc) is 3.04. The highest BCUT2D eigenvalue weighted by Gasteiger charge is 2.19. The first-order valence-electron chi connectivity index (χ1n) is 7.25. The number of piperidine rings is 1. The maximum atomic E-state index is 12.4. The summed E-state index contributed by atoms with van der Waals surface area (Å²) in [5, 5.41) is 6.26. The smallest absolute Gasteiger partial charge is 0.268 e. The Bertz CT molecular complexity index is 589. The van der Waals surface area contributed by atoms with Crippen molar-refractivity contribution in [3.63, 3.8) is 0 Å². The summed E-state index contributed by atoms with van der Waals surface area (Å²) >= 11 is 0. The summed E-state index contributed by atoms with van der Waals surface area (Å²) in [7, 11) is 0. The van der Waals surface area contributed by atoms with E-state index in [1.807, 2.05) is 18.3 Å². The number of hydrogen-bond donors (Lipinski definition) is 2. The maximum Gasteiger partial charge on any atom is 0.268 e. The lowest BCUT2D eigenvalue weighted by Crippen LogP contribution is -2.32. The van der Waals surface area contributed by atoms with Gasteiger partial charge in [-0.15, -0.1) is 0 Å². The fourth-order valence-corrected chi connectivity index (χ4v) is 2.67. The van der Waals surface area contributed by atoms with Crippen molar-refractivity contribution >= 4 is 5.91 Å². The molecule has 1 aliphatic heterocycles. The van der Waals surface area contributed by atoms with Crippen molar-refractivity contribution < 1.29 is 4.79 Å². The van der Waals surface area contributed by atoms with Crippen molar-refractivity contribution in [1.29, 1.82) is 0 Å². The Kier molecular flexibility index (Phi) is 4.25. The van der Waals surface area contributed by atoms with Gasteiger partial charge >= 0.3 is 0 Å². The minimum absolute atomic E-state index is 0.0582. The number of carbonyl (C=O) groups excluding carboxylic acids is 1. The maximum absolute atomic E-state index is 12.4. The van der Waals surface area contributed by atoms with Gasteiger partial charge in [0.25, 0.3) is 5.91 Å². The van der Waals surface area contributed by atoms with Crippen LogP contribution in [0.3, 0.4) is 0 Å². The summed E-state index contributed by atoms with van der Waals surface area (Å²) in [6.07, 6.45) is 7.27. The molecule has 1 saturated heterocycles. The Morgan fingerprint density at radius 1 is 1.38 bits per heavy atom. The molecule has 2 aromatic rings. The molecule has 0 saturated carbocycles. The standard InChI is InChI=1S/C15H19N5O/c21-15(18-10-12-3-6-17-11-19-12)14-2-1-9-20(14)13-4-7-16-8-5-13/h1-3,6,9,11,13,16H,4-5,7-8,10H2,(H,18,21). The zero-order valence-corrected chi connectivity index (χ0v) is 11.8. The summed E-state index contributed by atoms with van der Waals surface area (Å²) in [6, 6.07) is 6.01. The van der Waals surface area contributed by atoms with Crippen LogP contribution in [-0.4, -0.2) is 33.5 Å². The van der Waals surface area contributed by atoms with E-state index in [1.165, 1.54) is 6.33 Å². The van der Waals surface area contributed by atoms with Gasteiger partial charge in [0.05, 0.1) is 12.2 Å². The molecule has 0 radical (unpaired) electrons. The number of nitrogens with zero attached hydrogens (tertiary/aromatic N) is 3. The van der Waals surface area contributed by atoms with Crippen LogP contribution in [0.25, 0.3) is 0 Å². The first-order valence-corrected chi connectivity index (χ1v) is 7.25. The van der Waals surface area contributed by atoms with Crippen LogP contribution in [-0.2, 0) is 6.54 Å². The molecule has 2 aromatic heterocycles. The fraction of sp³-hybridized carbons (Fsp3) is 0.400. The normalized spacial score (nSPS) is 15.8. The second-order valence-electron chi connectivity index (χ2n) is 5.17. The number of hydrogen-bond acceptors (Lipinski definition) is 4. The molecule has 3 heterocycles. The molecule has 0 aromatic carbocycles. The molecule has 0 bridgehead atoms.